The monoisotopic (exact) mass is 324 g/mol. The smallest absolute Gasteiger partial charge is 0.244 e. The van der Waals surface area contributed by atoms with Crippen LogP contribution >= 0.6 is 24.0 Å². The molecule has 19 heavy (non-hydrogen) atoms. The Labute approximate surface area is 125 Å². The Balaban J connectivity index is 0.00000180. The van der Waals surface area contributed by atoms with Gasteiger partial charge in [-0.15, -0.1) is 12.4 Å². The zero-order valence-electron chi connectivity index (χ0n) is 10.7. The molecule has 2 N–H and O–H groups in total. The SMILES string of the molecule is Cc1ccc(S(=O)(=O)N2CCCC2CN)c(Cl)c1.Cl. The van der Waals surface area contributed by atoms with Crippen LogP contribution in [0.2, 0.25) is 5.02 Å². The molecule has 1 aromatic rings. The quantitative estimate of drug-likeness (QED) is 0.926. The average Bonchev–Trinajstić information content (AvgIpc) is 2.76. The molecule has 7 heteroatoms. The van der Waals surface area contributed by atoms with Crippen LogP contribution in [0.25, 0.3) is 0 Å². The molecule has 1 aliphatic rings. The summed E-state index contributed by atoms with van der Waals surface area (Å²) in [5.41, 5.74) is 6.56. The summed E-state index contributed by atoms with van der Waals surface area (Å²) in [6.07, 6.45) is 1.67. The molecule has 1 heterocycles. The van der Waals surface area contributed by atoms with Gasteiger partial charge in [0, 0.05) is 19.1 Å². The second-order valence-electron chi connectivity index (χ2n) is 4.58. The number of nitrogens with two attached hydrogens (primary N) is 1. The normalized spacial score (nSPS) is 20.3. The van der Waals surface area contributed by atoms with E-state index in [-0.39, 0.29) is 28.4 Å². The van der Waals surface area contributed by atoms with Crippen molar-refractivity contribution in [2.24, 2.45) is 5.73 Å². The van der Waals surface area contributed by atoms with Crippen molar-refractivity contribution in [1.82, 2.24) is 4.31 Å². The van der Waals surface area contributed by atoms with E-state index in [1.165, 1.54) is 4.31 Å². The van der Waals surface area contributed by atoms with Crippen LogP contribution in [0.4, 0.5) is 0 Å². The molecule has 2 rings (SSSR count). The minimum absolute atomic E-state index is 0. The largest absolute Gasteiger partial charge is 0.329 e. The highest BCUT2D eigenvalue weighted by atomic mass is 35.5. The molecule has 1 atom stereocenters. The highest BCUT2D eigenvalue weighted by Crippen LogP contribution is 2.30. The van der Waals surface area contributed by atoms with Gasteiger partial charge in [-0.3, -0.25) is 0 Å². The Bertz CT molecular complexity index is 549. The van der Waals surface area contributed by atoms with E-state index in [9.17, 15) is 8.42 Å². The molecule has 0 spiro atoms. The summed E-state index contributed by atoms with van der Waals surface area (Å²) in [5.74, 6) is 0. The Morgan fingerprint density at radius 1 is 1.47 bits per heavy atom. The van der Waals surface area contributed by atoms with Crippen molar-refractivity contribution in [3.05, 3.63) is 28.8 Å². The molecule has 0 aromatic heterocycles. The highest BCUT2D eigenvalue weighted by molar-refractivity contribution is 7.89. The van der Waals surface area contributed by atoms with Crippen molar-refractivity contribution in [3.8, 4) is 0 Å². The Hall–Kier alpha value is -0.330. The van der Waals surface area contributed by atoms with Crippen molar-refractivity contribution in [3.63, 3.8) is 0 Å². The molecule has 108 valence electrons. The topological polar surface area (TPSA) is 63.4 Å². The molecule has 4 nitrogen and oxygen atoms in total. The van der Waals surface area contributed by atoms with Crippen LogP contribution in [0, 0.1) is 6.92 Å². The van der Waals surface area contributed by atoms with Gasteiger partial charge < -0.3 is 5.73 Å². The van der Waals surface area contributed by atoms with Crippen LogP contribution in [-0.4, -0.2) is 31.9 Å². The summed E-state index contributed by atoms with van der Waals surface area (Å²) in [7, 11) is -3.53. The van der Waals surface area contributed by atoms with Gasteiger partial charge in [-0.05, 0) is 37.5 Å². The predicted octanol–water partition coefficient (Wildman–Crippen LogP) is 2.18. The molecule has 0 aliphatic carbocycles. The van der Waals surface area contributed by atoms with Crippen LogP contribution in [0.15, 0.2) is 23.1 Å². The van der Waals surface area contributed by atoms with E-state index in [2.05, 4.69) is 0 Å². The van der Waals surface area contributed by atoms with E-state index in [0.717, 1.165) is 18.4 Å². The summed E-state index contributed by atoms with van der Waals surface area (Å²) in [4.78, 5) is 0.176. The van der Waals surface area contributed by atoms with E-state index in [0.29, 0.717) is 13.1 Å². The number of hydrogen-bond acceptors (Lipinski definition) is 3. The van der Waals surface area contributed by atoms with Crippen molar-refractivity contribution >= 4 is 34.0 Å². The first kappa shape index (κ1) is 16.7. The molecular weight excluding hydrogens is 307 g/mol. The van der Waals surface area contributed by atoms with Gasteiger partial charge >= 0.3 is 0 Å². The Kier molecular flexibility index (Phi) is 5.65. The van der Waals surface area contributed by atoms with Crippen molar-refractivity contribution < 1.29 is 8.42 Å². The summed E-state index contributed by atoms with van der Waals surface area (Å²) < 4.78 is 26.5. The van der Waals surface area contributed by atoms with E-state index in [1.54, 1.807) is 18.2 Å². The van der Waals surface area contributed by atoms with Crippen molar-refractivity contribution in [2.45, 2.75) is 30.7 Å². The Morgan fingerprint density at radius 3 is 2.74 bits per heavy atom. The van der Waals surface area contributed by atoms with Crippen LogP contribution in [-0.2, 0) is 10.0 Å². The standard InChI is InChI=1S/C12H17ClN2O2S.ClH/c1-9-4-5-12(11(13)7-9)18(16,17)15-6-2-3-10(15)8-14;/h4-5,7,10H,2-3,6,8,14H2,1H3;1H. The zero-order valence-corrected chi connectivity index (χ0v) is 13.1. The number of rotatable bonds is 3. The highest BCUT2D eigenvalue weighted by Gasteiger charge is 2.35. The third kappa shape index (κ3) is 3.23. The van der Waals surface area contributed by atoms with Gasteiger partial charge in [0.1, 0.15) is 4.90 Å². The van der Waals surface area contributed by atoms with Crippen LogP contribution in [0.1, 0.15) is 18.4 Å². The molecule has 0 bridgehead atoms. The number of benzene rings is 1. The average molecular weight is 325 g/mol. The summed E-state index contributed by atoms with van der Waals surface area (Å²) in [6, 6.07) is 4.89. The number of hydrogen-bond donors (Lipinski definition) is 1. The number of aryl methyl sites for hydroxylation is 1. The van der Waals surface area contributed by atoms with Crippen molar-refractivity contribution in [2.75, 3.05) is 13.1 Å². The summed E-state index contributed by atoms with van der Waals surface area (Å²) >= 11 is 6.05. The second kappa shape index (κ2) is 6.41. The molecule has 1 aliphatic heterocycles. The van der Waals surface area contributed by atoms with Crippen LogP contribution < -0.4 is 5.73 Å². The third-order valence-corrected chi connectivity index (χ3v) is 5.70. The number of sulfonamides is 1. The lowest BCUT2D eigenvalue weighted by molar-refractivity contribution is 0.393. The van der Waals surface area contributed by atoms with Gasteiger partial charge in [0.05, 0.1) is 5.02 Å². The van der Waals surface area contributed by atoms with E-state index in [1.807, 2.05) is 6.92 Å². The second-order valence-corrected chi connectivity index (χ2v) is 6.85. The minimum Gasteiger partial charge on any atom is -0.329 e. The first-order valence-corrected chi connectivity index (χ1v) is 7.76. The summed E-state index contributed by atoms with van der Waals surface area (Å²) in [6.45, 7) is 2.75. The maximum absolute atomic E-state index is 12.5. The maximum Gasteiger partial charge on any atom is 0.244 e. The molecule has 1 saturated heterocycles. The van der Waals surface area contributed by atoms with Gasteiger partial charge in [-0.25, -0.2) is 8.42 Å². The zero-order chi connectivity index (χ0) is 13.3. The van der Waals surface area contributed by atoms with E-state index in [4.69, 9.17) is 17.3 Å². The molecule has 1 unspecified atom stereocenters. The fraction of sp³-hybridized carbons (Fsp3) is 0.500. The van der Waals surface area contributed by atoms with E-state index >= 15 is 0 Å². The lowest BCUT2D eigenvalue weighted by atomic mass is 10.2. The molecule has 1 fully saturated rings. The lowest BCUT2D eigenvalue weighted by Gasteiger charge is -2.23. The third-order valence-electron chi connectivity index (χ3n) is 3.27. The van der Waals surface area contributed by atoms with Gasteiger partial charge in [0.15, 0.2) is 0 Å². The predicted molar refractivity (Wildman–Crippen MR) is 79.4 cm³/mol. The van der Waals surface area contributed by atoms with Gasteiger partial charge in [-0.2, -0.15) is 4.31 Å². The van der Waals surface area contributed by atoms with E-state index < -0.39 is 10.0 Å². The van der Waals surface area contributed by atoms with Crippen LogP contribution in [0.3, 0.4) is 0 Å². The number of halogens is 2. The fourth-order valence-corrected chi connectivity index (χ4v) is 4.58. The first-order chi connectivity index (χ1) is 8.46. The fourth-order valence-electron chi connectivity index (χ4n) is 2.30. The molecular formula is C12H18Cl2N2O2S. The van der Waals surface area contributed by atoms with Gasteiger partial charge in [0.25, 0.3) is 0 Å². The molecule has 0 radical (unpaired) electrons. The van der Waals surface area contributed by atoms with Gasteiger partial charge in [-0.1, -0.05) is 17.7 Å². The Morgan fingerprint density at radius 2 is 2.16 bits per heavy atom. The first-order valence-electron chi connectivity index (χ1n) is 5.95. The molecule has 0 saturated carbocycles. The lowest BCUT2D eigenvalue weighted by Crippen LogP contribution is -2.39. The summed E-state index contributed by atoms with van der Waals surface area (Å²) in [5, 5.41) is 0.276. The van der Waals surface area contributed by atoms with Crippen molar-refractivity contribution in [1.29, 1.82) is 0 Å². The number of nitrogens with zero attached hydrogens (tertiary/aromatic N) is 1. The molecule has 0 amide bonds. The van der Waals surface area contributed by atoms with Gasteiger partial charge in [0.2, 0.25) is 10.0 Å². The maximum atomic E-state index is 12.5. The van der Waals surface area contributed by atoms with Crippen LogP contribution in [0.5, 0.6) is 0 Å². The minimum atomic E-state index is -3.53. The molecule has 1 aromatic carbocycles.